The van der Waals surface area contributed by atoms with E-state index < -0.39 is 0 Å². The maximum absolute atomic E-state index is 12.4. The highest BCUT2D eigenvalue weighted by molar-refractivity contribution is 5.84. The van der Waals surface area contributed by atoms with Crippen LogP contribution in [0.3, 0.4) is 0 Å². The Bertz CT molecular complexity index is 650. The number of carbonyl (C=O) groups is 2. The van der Waals surface area contributed by atoms with E-state index >= 15 is 0 Å². The number of rotatable bonds is 3. The van der Waals surface area contributed by atoms with Crippen LogP contribution in [0.4, 0.5) is 4.79 Å². The average Bonchev–Trinajstić information content (AvgIpc) is 3.12. The first kappa shape index (κ1) is 15.3. The van der Waals surface area contributed by atoms with Gasteiger partial charge < -0.3 is 15.1 Å². The van der Waals surface area contributed by atoms with Crippen LogP contribution < -0.4 is 5.32 Å². The third-order valence-corrected chi connectivity index (χ3v) is 4.45. The van der Waals surface area contributed by atoms with Crippen LogP contribution in [0.15, 0.2) is 6.33 Å². The number of nitriles is 1. The van der Waals surface area contributed by atoms with Gasteiger partial charge >= 0.3 is 6.03 Å². The molecule has 0 aromatic carbocycles. The molecule has 9 nitrogen and oxygen atoms in total. The van der Waals surface area contributed by atoms with E-state index in [1.54, 1.807) is 16.8 Å². The minimum atomic E-state index is -0.150. The molecule has 122 valence electrons. The van der Waals surface area contributed by atoms with Gasteiger partial charge in [-0.05, 0) is 12.8 Å². The molecule has 0 bridgehead atoms. The first-order valence-electron chi connectivity index (χ1n) is 7.69. The van der Waals surface area contributed by atoms with Crippen molar-refractivity contribution in [2.24, 2.45) is 5.92 Å². The van der Waals surface area contributed by atoms with Gasteiger partial charge in [0.25, 0.3) is 5.82 Å². The lowest BCUT2D eigenvalue weighted by molar-refractivity contribution is -0.130. The fourth-order valence-corrected chi connectivity index (χ4v) is 3.31. The van der Waals surface area contributed by atoms with Crippen LogP contribution >= 0.6 is 0 Å². The van der Waals surface area contributed by atoms with Gasteiger partial charge in [-0.15, -0.1) is 5.10 Å². The lowest BCUT2D eigenvalue weighted by Gasteiger charge is -2.35. The summed E-state index contributed by atoms with van der Waals surface area (Å²) in [5, 5.41) is 15.5. The molecule has 0 spiro atoms. The molecule has 0 radical (unpaired) electrons. The Hall–Kier alpha value is -2.63. The van der Waals surface area contributed by atoms with Crippen molar-refractivity contribution in [3.63, 3.8) is 0 Å². The van der Waals surface area contributed by atoms with E-state index in [-0.39, 0.29) is 29.7 Å². The summed E-state index contributed by atoms with van der Waals surface area (Å²) in [5.41, 5.74) is 0. The van der Waals surface area contributed by atoms with Crippen LogP contribution in [0.5, 0.6) is 0 Å². The molecule has 3 rings (SSSR count). The smallest absolute Gasteiger partial charge is 0.317 e. The quantitative estimate of drug-likeness (QED) is 0.802. The highest BCUT2D eigenvalue weighted by Crippen LogP contribution is 2.30. The number of piperidine rings is 1. The number of hydrogen-bond acceptors (Lipinski definition) is 5. The lowest BCUT2D eigenvalue weighted by atomic mass is 9.92. The molecule has 2 fully saturated rings. The second-order valence-corrected chi connectivity index (χ2v) is 5.90. The number of likely N-dealkylation sites (N-methyl/N-ethyl adjacent to an activating group) is 1. The molecule has 2 aliphatic rings. The second kappa shape index (κ2) is 6.24. The lowest BCUT2D eigenvalue weighted by Crippen LogP contribution is -2.52. The third-order valence-electron chi connectivity index (χ3n) is 4.45. The largest absolute Gasteiger partial charge is 0.343 e. The molecule has 0 saturated carbocycles. The molecule has 0 aliphatic carbocycles. The Kier molecular flexibility index (Phi) is 4.14. The monoisotopic (exact) mass is 317 g/mol. The Morgan fingerprint density at radius 2 is 2.39 bits per heavy atom. The van der Waals surface area contributed by atoms with E-state index in [9.17, 15) is 9.59 Å². The van der Waals surface area contributed by atoms with E-state index in [1.165, 1.54) is 11.0 Å². The number of fused-ring (bicyclic) bond motifs is 1. The molecule has 1 aromatic heterocycles. The summed E-state index contributed by atoms with van der Waals surface area (Å²) in [6.07, 6.45) is 3.17. The zero-order chi connectivity index (χ0) is 16.4. The molecular formula is C14H19N7O2. The Labute approximate surface area is 133 Å². The number of nitrogens with zero attached hydrogens (tertiary/aromatic N) is 6. The fraction of sp³-hybridized carbons (Fsp3) is 0.643. The molecule has 1 N–H and O–H groups in total. The van der Waals surface area contributed by atoms with Crippen LogP contribution in [-0.2, 0) is 11.3 Å². The number of hydrogen-bond donors (Lipinski definition) is 1. The molecule has 3 amide bonds. The van der Waals surface area contributed by atoms with E-state index in [4.69, 9.17) is 5.26 Å². The number of carbonyl (C=O) groups excluding carboxylic acids is 2. The van der Waals surface area contributed by atoms with Crippen molar-refractivity contribution in [3.8, 4) is 6.07 Å². The summed E-state index contributed by atoms with van der Waals surface area (Å²) in [6, 6.07) is 1.68. The van der Waals surface area contributed by atoms with Crippen LogP contribution in [0, 0.1) is 17.2 Å². The van der Waals surface area contributed by atoms with Gasteiger partial charge in [0.15, 0.2) is 0 Å². The molecule has 1 aromatic rings. The Balaban J connectivity index is 1.53. The highest BCUT2D eigenvalue weighted by Gasteiger charge is 2.45. The molecule has 0 unspecified atom stereocenters. The van der Waals surface area contributed by atoms with Crippen molar-refractivity contribution in [1.29, 1.82) is 5.26 Å². The van der Waals surface area contributed by atoms with Crippen molar-refractivity contribution in [2.45, 2.75) is 25.4 Å². The van der Waals surface area contributed by atoms with E-state index in [2.05, 4.69) is 15.4 Å². The molecule has 2 atom stereocenters. The molecular weight excluding hydrogens is 298 g/mol. The number of nitrogens with one attached hydrogen (secondary N) is 1. The van der Waals surface area contributed by atoms with Crippen LogP contribution in [-0.4, -0.2) is 69.2 Å². The van der Waals surface area contributed by atoms with Crippen LogP contribution in [0.1, 0.15) is 18.7 Å². The SMILES string of the molecule is CN1C[C@@H]2[C@@H](CCCN2C(=O)NCCn2cnc(C#N)n2)C1=O. The second-order valence-electron chi connectivity index (χ2n) is 5.90. The Morgan fingerprint density at radius 1 is 1.57 bits per heavy atom. The summed E-state index contributed by atoms with van der Waals surface area (Å²) >= 11 is 0. The molecule has 3 heterocycles. The normalized spacial score (nSPS) is 23.6. The van der Waals surface area contributed by atoms with E-state index in [0.29, 0.717) is 26.2 Å². The van der Waals surface area contributed by atoms with Gasteiger partial charge in [0, 0.05) is 26.7 Å². The number of likely N-dealkylation sites (tertiary alicyclic amines) is 2. The molecule has 2 saturated heterocycles. The molecule has 2 aliphatic heterocycles. The minimum absolute atomic E-state index is 0.0298. The van der Waals surface area contributed by atoms with E-state index in [1.807, 2.05) is 6.07 Å². The van der Waals surface area contributed by atoms with Gasteiger partial charge in [-0.3, -0.25) is 4.79 Å². The summed E-state index contributed by atoms with van der Waals surface area (Å²) in [4.78, 5) is 31.7. The third kappa shape index (κ3) is 2.97. The number of urea groups is 1. The van der Waals surface area contributed by atoms with Crippen LogP contribution in [0.25, 0.3) is 0 Å². The van der Waals surface area contributed by atoms with Crippen molar-refractivity contribution in [3.05, 3.63) is 12.2 Å². The number of amides is 3. The predicted molar refractivity (Wildman–Crippen MR) is 79.0 cm³/mol. The topological polar surface area (TPSA) is 107 Å². The van der Waals surface area contributed by atoms with Gasteiger partial charge in [0.1, 0.15) is 12.4 Å². The maximum atomic E-state index is 12.4. The first-order valence-corrected chi connectivity index (χ1v) is 7.69. The maximum Gasteiger partial charge on any atom is 0.317 e. The highest BCUT2D eigenvalue weighted by atomic mass is 16.2. The van der Waals surface area contributed by atoms with Crippen molar-refractivity contribution >= 4 is 11.9 Å². The summed E-state index contributed by atoms with van der Waals surface area (Å²) in [6.45, 7) is 2.12. The Morgan fingerprint density at radius 3 is 3.13 bits per heavy atom. The van der Waals surface area contributed by atoms with Crippen molar-refractivity contribution in [2.75, 3.05) is 26.7 Å². The van der Waals surface area contributed by atoms with Crippen molar-refractivity contribution in [1.82, 2.24) is 29.9 Å². The molecule has 23 heavy (non-hydrogen) atoms. The summed E-state index contributed by atoms with van der Waals surface area (Å²) in [7, 11) is 1.79. The standard InChI is InChI=1S/C14H19N7O2/c1-19-8-11-10(13(19)22)3-2-5-21(11)14(23)16-4-6-20-9-17-12(7-15)18-20/h9-11H,2-6,8H2,1H3,(H,16,23)/t10-,11-/m1/s1. The fourth-order valence-electron chi connectivity index (χ4n) is 3.31. The number of aromatic nitrogens is 3. The van der Waals surface area contributed by atoms with E-state index in [0.717, 1.165) is 12.8 Å². The summed E-state index contributed by atoms with van der Waals surface area (Å²) in [5.74, 6) is 0.190. The van der Waals surface area contributed by atoms with Crippen molar-refractivity contribution < 1.29 is 9.59 Å². The van der Waals surface area contributed by atoms with Gasteiger partial charge in [-0.25, -0.2) is 14.5 Å². The predicted octanol–water partition coefficient (Wildman–Crippen LogP) is -0.588. The van der Waals surface area contributed by atoms with Crippen LogP contribution in [0.2, 0.25) is 0 Å². The van der Waals surface area contributed by atoms with Gasteiger partial charge in [0.05, 0.1) is 18.5 Å². The molecule has 9 heteroatoms. The zero-order valence-electron chi connectivity index (χ0n) is 13.0. The minimum Gasteiger partial charge on any atom is -0.343 e. The van der Waals surface area contributed by atoms with Gasteiger partial charge in [-0.2, -0.15) is 5.26 Å². The first-order chi connectivity index (χ1) is 11.1. The summed E-state index contributed by atoms with van der Waals surface area (Å²) < 4.78 is 1.52. The van der Waals surface area contributed by atoms with Gasteiger partial charge in [-0.1, -0.05) is 0 Å². The van der Waals surface area contributed by atoms with Gasteiger partial charge in [0.2, 0.25) is 5.91 Å². The average molecular weight is 317 g/mol. The zero-order valence-corrected chi connectivity index (χ0v) is 13.0.